The molecule has 0 atom stereocenters. The Morgan fingerprint density at radius 3 is 2.06 bits per heavy atom. The molecule has 1 heterocycles. The van der Waals surface area contributed by atoms with Gasteiger partial charge in [0.15, 0.2) is 0 Å². The predicted octanol–water partition coefficient (Wildman–Crippen LogP) is 7.32. The third kappa shape index (κ3) is 7.77. The first-order chi connectivity index (χ1) is 15.8. The zero-order valence-corrected chi connectivity index (χ0v) is 20.3. The number of nitrogens with two attached hydrogens (primary N) is 1. The van der Waals surface area contributed by atoms with E-state index in [1.165, 1.54) is 0 Å². The molecule has 4 N–H and O–H groups in total. The molecule has 9 heteroatoms. The number of nitrogens with zero attached hydrogens (tertiary/aromatic N) is 1. The lowest BCUT2D eigenvalue weighted by Crippen LogP contribution is -2.28. The maximum absolute atomic E-state index is 12.1. The summed E-state index contributed by atoms with van der Waals surface area (Å²) < 4.78 is 0. The van der Waals surface area contributed by atoms with Crippen molar-refractivity contribution in [1.82, 2.24) is 10.3 Å². The summed E-state index contributed by atoms with van der Waals surface area (Å²) in [6.45, 7) is 0.804. The van der Waals surface area contributed by atoms with Crippen LogP contribution in [-0.4, -0.2) is 11.0 Å². The van der Waals surface area contributed by atoms with Crippen molar-refractivity contribution in [3.63, 3.8) is 0 Å². The minimum absolute atomic E-state index is 0.301. The second-order valence-corrected chi connectivity index (χ2v) is 8.72. The molecule has 33 heavy (non-hydrogen) atoms. The van der Waals surface area contributed by atoms with Crippen LogP contribution in [0, 0.1) is 0 Å². The quantitative estimate of drug-likeness (QED) is 0.263. The number of nitrogens with one attached hydrogen (secondary N) is 2. The number of hydrogen-bond acceptors (Lipinski definition) is 3. The molecule has 0 saturated carbocycles. The Morgan fingerprint density at radius 1 is 0.848 bits per heavy atom. The number of anilines is 1. The van der Waals surface area contributed by atoms with E-state index in [1.54, 1.807) is 48.8 Å². The first kappa shape index (κ1) is 25.1. The van der Waals surface area contributed by atoms with E-state index in [4.69, 9.17) is 52.1 Å². The SMILES string of the molecule is NCc1cc(Cl)cc(Cl)c1.O=C(NCc1cc(Cl)cc(Cl)c1)Nc1cccc2cnccc12. The predicted molar refractivity (Wildman–Crippen MR) is 138 cm³/mol. The summed E-state index contributed by atoms with van der Waals surface area (Å²) in [5.74, 6) is 0. The van der Waals surface area contributed by atoms with Crippen LogP contribution in [0.1, 0.15) is 11.1 Å². The van der Waals surface area contributed by atoms with Gasteiger partial charge in [-0.2, -0.15) is 0 Å². The summed E-state index contributed by atoms with van der Waals surface area (Å²) in [5, 5.41) is 9.86. The third-order valence-electron chi connectivity index (χ3n) is 4.46. The highest BCUT2D eigenvalue weighted by atomic mass is 35.5. The van der Waals surface area contributed by atoms with Crippen LogP contribution in [-0.2, 0) is 13.1 Å². The molecule has 5 nitrogen and oxygen atoms in total. The van der Waals surface area contributed by atoms with Crippen LogP contribution in [0.5, 0.6) is 0 Å². The van der Waals surface area contributed by atoms with Crippen LogP contribution in [0.4, 0.5) is 10.5 Å². The van der Waals surface area contributed by atoms with Gasteiger partial charge in [-0.15, -0.1) is 0 Å². The van der Waals surface area contributed by atoms with Crippen LogP contribution in [0.3, 0.4) is 0 Å². The number of aromatic nitrogens is 1. The van der Waals surface area contributed by atoms with E-state index < -0.39 is 0 Å². The van der Waals surface area contributed by atoms with Crippen LogP contribution >= 0.6 is 46.4 Å². The molecule has 4 aromatic rings. The van der Waals surface area contributed by atoms with Gasteiger partial charge in [0.25, 0.3) is 0 Å². The monoisotopic (exact) mass is 520 g/mol. The minimum Gasteiger partial charge on any atom is -0.334 e. The molecule has 0 radical (unpaired) electrons. The summed E-state index contributed by atoms with van der Waals surface area (Å²) in [5.41, 5.74) is 7.89. The molecule has 0 spiro atoms. The van der Waals surface area contributed by atoms with Gasteiger partial charge < -0.3 is 16.4 Å². The van der Waals surface area contributed by atoms with Gasteiger partial charge in [-0.25, -0.2) is 4.79 Å². The Bertz CT molecular complexity index is 1220. The number of urea groups is 1. The van der Waals surface area contributed by atoms with Crippen molar-refractivity contribution in [2.45, 2.75) is 13.1 Å². The number of pyridine rings is 1. The summed E-state index contributed by atoms with van der Waals surface area (Å²) in [6.07, 6.45) is 3.45. The minimum atomic E-state index is -0.301. The van der Waals surface area contributed by atoms with Crippen molar-refractivity contribution >= 4 is 68.9 Å². The van der Waals surface area contributed by atoms with Crippen LogP contribution in [0.25, 0.3) is 10.8 Å². The van der Waals surface area contributed by atoms with E-state index in [2.05, 4.69) is 15.6 Å². The van der Waals surface area contributed by atoms with E-state index in [1.807, 2.05) is 24.3 Å². The van der Waals surface area contributed by atoms with Gasteiger partial charge in [0.05, 0.1) is 5.69 Å². The first-order valence-corrected chi connectivity index (χ1v) is 11.3. The van der Waals surface area contributed by atoms with E-state index in [0.29, 0.717) is 33.2 Å². The van der Waals surface area contributed by atoms with Gasteiger partial charge in [-0.3, -0.25) is 4.98 Å². The zero-order valence-electron chi connectivity index (χ0n) is 17.3. The van der Waals surface area contributed by atoms with Crippen molar-refractivity contribution in [1.29, 1.82) is 0 Å². The van der Waals surface area contributed by atoms with Crippen molar-refractivity contribution in [2.24, 2.45) is 5.73 Å². The molecule has 0 aliphatic rings. The Labute approximate surface area is 211 Å². The normalized spacial score (nSPS) is 10.3. The fourth-order valence-electron chi connectivity index (χ4n) is 3.02. The second kappa shape index (κ2) is 12.1. The summed E-state index contributed by atoms with van der Waals surface area (Å²) in [6, 6.07) is 17.7. The summed E-state index contributed by atoms with van der Waals surface area (Å²) >= 11 is 23.3. The molecule has 0 saturated heterocycles. The first-order valence-electron chi connectivity index (χ1n) is 9.81. The number of halogens is 4. The van der Waals surface area contributed by atoms with Crippen LogP contribution < -0.4 is 16.4 Å². The highest BCUT2D eigenvalue weighted by Gasteiger charge is 2.06. The number of amides is 2. The van der Waals surface area contributed by atoms with Gasteiger partial charge in [0.2, 0.25) is 0 Å². The zero-order chi connectivity index (χ0) is 23.8. The lowest BCUT2D eigenvalue weighted by atomic mass is 10.1. The van der Waals surface area contributed by atoms with Crippen LogP contribution in [0.15, 0.2) is 73.1 Å². The van der Waals surface area contributed by atoms with Gasteiger partial charge in [-0.05, 0) is 59.7 Å². The molecule has 4 rings (SSSR count). The standard InChI is InChI=1S/C17H13Cl2N3O.C7H7Cl2N/c18-13-6-11(7-14(19)8-13)9-21-17(23)22-16-3-1-2-12-10-20-5-4-15(12)16;8-6-1-5(4-10)2-7(9)3-6/h1-8,10H,9H2,(H2,21,22,23);1-3H,4,10H2. The molecular weight excluding hydrogens is 502 g/mol. The Morgan fingerprint density at radius 2 is 1.45 bits per heavy atom. The van der Waals surface area contributed by atoms with Crippen LogP contribution in [0.2, 0.25) is 20.1 Å². The highest BCUT2D eigenvalue weighted by molar-refractivity contribution is 6.35. The fourth-order valence-corrected chi connectivity index (χ4v) is 4.16. The Hall–Kier alpha value is -2.54. The topological polar surface area (TPSA) is 80.0 Å². The number of rotatable bonds is 4. The largest absolute Gasteiger partial charge is 0.334 e. The molecule has 0 aliphatic carbocycles. The fraction of sp³-hybridized carbons (Fsp3) is 0.0833. The Balaban J connectivity index is 0.000000257. The molecule has 1 aromatic heterocycles. The molecule has 0 fully saturated rings. The highest BCUT2D eigenvalue weighted by Crippen LogP contribution is 2.22. The molecule has 2 amide bonds. The molecule has 170 valence electrons. The van der Waals surface area contributed by atoms with E-state index >= 15 is 0 Å². The maximum atomic E-state index is 12.1. The molecule has 0 unspecified atom stereocenters. The maximum Gasteiger partial charge on any atom is 0.319 e. The number of carbonyl (C=O) groups is 1. The molecule has 0 bridgehead atoms. The van der Waals surface area contributed by atoms with Gasteiger partial charge >= 0.3 is 6.03 Å². The van der Waals surface area contributed by atoms with Crippen molar-refractivity contribution in [3.8, 4) is 0 Å². The van der Waals surface area contributed by atoms with Gasteiger partial charge in [-0.1, -0.05) is 58.5 Å². The average molecular weight is 522 g/mol. The molecular formula is C24H20Cl4N4O. The average Bonchev–Trinajstić information content (AvgIpc) is 2.77. The molecule has 3 aromatic carbocycles. The lowest BCUT2D eigenvalue weighted by molar-refractivity contribution is 0.252. The number of carbonyl (C=O) groups excluding carboxylic acids is 1. The summed E-state index contributed by atoms with van der Waals surface area (Å²) in [4.78, 5) is 16.2. The number of hydrogen-bond donors (Lipinski definition) is 3. The second-order valence-electron chi connectivity index (χ2n) is 6.97. The van der Waals surface area contributed by atoms with Gasteiger partial charge in [0.1, 0.15) is 0 Å². The van der Waals surface area contributed by atoms with E-state index in [9.17, 15) is 4.79 Å². The smallest absolute Gasteiger partial charge is 0.319 e. The number of fused-ring (bicyclic) bond motifs is 1. The van der Waals surface area contributed by atoms with Gasteiger partial charge in [0, 0.05) is 56.3 Å². The number of benzene rings is 3. The van der Waals surface area contributed by atoms with E-state index in [-0.39, 0.29) is 6.03 Å². The van der Waals surface area contributed by atoms with Crippen molar-refractivity contribution in [3.05, 3.63) is 104 Å². The Kier molecular flexibility index (Phi) is 9.18. The summed E-state index contributed by atoms with van der Waals surface area (Å²) in [7, 11) is 0. The third-order valence-corrected chi connectivity index (χ3v) is 5.34. The van der Waals surface area contributed by atoms with E-state index in [0.717, 1.165) is 27.6 Å². The van der Waals surface area contributed by atoms with Crippen molar-refractivity contribution < 1.29 is 4.79 Å². The lowest BCUT2D eigenvalue weighted by Gasteiger charge is -2.10. The molecule has 0 aliphatic heterocycles. The van der Waals surface area contributed by atoms with Crippen molar-refractivity contribution in [2.75, 3.05) is 5.32 Å².